The molecule has 0 saturated carbocycles. The summed E-state index contributed by atoms with van der Waals surface area (Å²) in [6.07, 6.45) is -5.28. The van der Waals surface area contributed by atoms with E-state index < -0.39 is 36.6 Å². The second-order valence-electron chi connectivity index (χ2n) is 6.12. The quantitative estimate of drug-likeness (QED) is 0.784. The topological polar surface area (TPSA) is 84.5 Å². The Kier molecular flexibility index (Phi) is 5.34. The largest absolute Gasteiger partial charge is 0.448 e. The van der Waals surface area contributed by atoms with Crippen molar-refractivity contribution in [1.82, 2.24) is 5.32 Å². The van der Waals surface area contributed by atoms with E-state index in [0.717, 1.165) is 0 Å². The van der Waals surface area contributed by atoms with Crippen LogP contribution in [0.5, 0.6) is 0 Å². The van der Waals surface area contributed by atoms with Gasteiger partial charge in [-0.25, -0.2) is 4.79 Å². The maximum Gasteiger partial charge on any atom is 0.405 e. The van der Waals surface area contributed by atoms with Gasteiger partial charge in [-0.15, -0.1) is 0 Å². The van der Waals surface area contributed by atoms with E-state index in [-0.39, 0.29) is 12.0 Å². The highest BCUT2D eigenvalue weighted by atomic mass is 19.4. The zero-order chi connectivity index (χ0) is 20.3. The Balaban J connectivity index is 1.61. The Morgan fingerprint density at radius 3 is 2.43 bits per heavy atom. The molecule has 2 aromatic carbocycles. The third-order valence-corrected chi connectivity index (χ3v) is 4.05. The summed E-state index contributed by atoms with van der Waals surface area (Å²) < 4.78 is 41.6. The Morgan fingerprint density at radius 1 is 1.07 bits per heavy atom. The summed E-state index contributed by atoms with van der Waals surface area (Å²) in [6, 6.07) is 12.1. The summed E-state index contributed by atoms with van der Waals surface area (Å²) in [4.78, 5) is 36.0. The molecule has 0 radical (unpaired) electrons. The van der Waals surface area contributed by atoms with Crippen LogP contribution in [0.2, 0.25) is 0 Å². The van der Waals surface area contributed by atoms with Crippen LogP contribution in [0.25, 0.3) is 0 Å². The number of ether oxygens (including phenoxy) is 1. The molecule has 2 N–H and O–H groups in total. The minimum Gasteiger partial charge on any atom is -0.448 e. The molecule has 2 amide bonds. The van der Waals surface area contributed by atoms with Crippen molar-refractivity contribution in [2.75, 3.05) is 11.9 Å². The van der Waals surface area contributed by atoms with Crippen LogP contribution in [-0.4, -0.2) is 36.6 Å². The lowest BCUT2D eigenvalue weighted by Crippen LogP contribution is -2.38. The normalized spacial score (nSPS) is 16.0. The smallest absolute Gasteiger partial charge is 0.405 e. The predicted octanol–water partition coefficient (Wildman–Crippen LogP) is 2.70. The lowest BCUT2D eigenvalue weighted by molar-refractivity contribution is -0.125. The van der Waals surface area contributed by atoms with Crippen molar-refractivity contribution in [2.45, 2.75) is 18.7 Å². The molecule has 3 rings (SSSR count). The first-order chi connectivity index (χ1) is 13.2. The first-order valence-electron chi connectivity index (χ1n) is 8.28. The lowest BCUT2D eigenvalue weighted by atomic mass is 9.98. The SMILES string of the molecule is O=C(NCC(F)(F)F)c1ccc(NC(=O)C2Cc3ccccc3C(=O)O2)cc1. The zero-order valence-corrected chi connectivity index (χ0v) is 14.4. The maximum absolute atomic E-state index is 12.4. The Morgan fingerprint density at radius 2 is 1.75 bits per heavy atom. The number of esters is 1. The van der Waals surface area contributed by atoms with Crippen LogP contribution in [-0.2, 0) is 16.0 Å². The van der Waals surface area contributed by atoms with E-state index in [1.54, 1.807) is 29.6 Å². The summed E-state index contributed by atoms with van der Waals surface area (Å²) in [5.41, 5.74) is 1.45. The molecule has 1 aliphatic rings. The van der Waals surface area contributed by atoms with Crippen molar-refractivity contribution in [1.29, 1.82) is 0 Å². The summed E-state index contributed by atoms with van der Waals surface area (Å²) >= 11 is 0. The van der Waals surface area contributed by atoms with Gasteiger partial charge in [0.1, 0.15) is 6.54 Å². The summed E-state index contributed by atoms with van der Waals surface area (Å²) in [6.45, 7) is -1.43. The number of amides is 2. The molecule has 9 heteroatoms. The molecule has 1 atom stereocenters. The van der Waals surface area contributed by atoms with Crippen molar-refractivity contribution in [3.05, 3.63) is 65.2 Å². The van der Waals surface area contributed by atoms with Gasteiger partial charge in [-0.1, -0.05) is 18.2 Å². The fraction of sp³-hybridized carbons (Fsp3) is 0.211. The lowest BCUT2D eigenvalue weighted by Gasteiger charge is -2.23. The molecule has 1 heterocycles. The Hall–Kier alpha value is -3.36. The highest BCUT2D eigenvalue weighted by Gasteiger charge is 2.31. The monoisotopic (exact) mass is 392 g/mol. The third-order valence-electron chi connectivity index (χ3n) is 4.05. The number of anilines is 1. The van der Waals surface area contributed by atoms with Crippen LogP contribution in [0.4, 0.5) is 18.9 Å². The average Bonchev–Trinajstić information content (AvgIpc) is 2.66. The molecule has 1 aliphatic heterocycles. The molecule has 0 spiro atoms. The highest BCUT2D eigenvalue weighted by molar-refractivity contribution is 6.00. The molecule has 0 saturated heterocycles. The van der Waals surface area contributed by atoms with E-state index in [2.05, 4.69) is 5.32 Å². The van der Waals surface area contributed by atoms with Crippen molar-refractivity contribution in [2.24, 2.45) is 0 Å². The second-order valence-corrected chi connectivity index (χ2v) is 6.12. The fourth-order valence-electron chi connectivity index (χ4n) is 2.69. The molecule has 0 aromatic heterocycles. The number of hydrogen-bond donors (Lipinski definition) is 2. The summed E-state index contributed by atoms with van der Waals surface area (Å²) in [7, 11) is 0. The number of nitrogens with one attached hydrogen (secondary N) is 2. The number of benzene rings is 2. The van der Waals surface area contributed by atoms with Crippen molar-refractivity contribution in [3.8, 4) is 0 Å². The molecule has 1 unspecified atom stereocenters. The minimum absolute atomic E-state index is 0.0141. The van der Waals surface area contributed by atoms with Crippen LogP contribution < -0.4 is 10.6 Å². The number of carbonyl (C=O) groups excluding carboxylic acids is 3. The van der Waals surface area contributed by atoms with Gasteiger partial charge in [0.25, 0.3) is 11.8 Å². The van der Waals surface area contributed by atoms with Crippen LogP contribution in [0, 0.1) is 0 Å². The molecular weight excluding hydrogens is 377 g/mol. The first kappa shape index (κ1) is 19.4. The van der Waals surface area contributed by atoms with Gasteiger partial charge < -0.3 is 15.4 Å². The molecule has 2 aromatic rings. The van der Waals surface area contributed by atoms with Crippen LogP contribution in [0.1, 0.15) is 26.3 Å². The summed E-state index contributed by atoms with van der Waals surface area (Å²) in [5, 5.41) is 4.31. The van der Waals surface area contributed by atoms with E-state index in [0.29, 0.717) is 16.8 Å². The number of fused-ring (bicyclic) bond motifs is 1. The maximum atomic E-state index is 12.4. The van der Waals surface area contributed by atoms with E-state index in [1.807, 2.05) is 0 Å². The van der Waals surface area contributed by atoms with E-state index in [4.69, 9.17) is 4.74 Å². The Bertz CT molecular complexity index is 910. The number of rotatable bonds is 4. The zero-order valence-electron chi connectivity index (χ0n) is 14.4. The summed E-state index contributed by atoms with van der Waals surface area (Å²) in [5.74, 6) is -2.01. The van der Waals surface area contributed by atoms with Gasteiger partial charge in [-0.2, -0.15) is 13.2 Å². The van der Waals surface area contributed by atoms with Gasteiger partial charge in [0.05, 0.1) is 5.56 Å². The van der Waals surface area contributed by atoms with E-state index in [9.17, 15) is 27.6 Å². The number of carbonyl (C=O) groups is 3. The molecule has 28 heavy (non-hydrogen) atoms. The van der Waals surface area contributed by atoms with Crippen LogP contribution in [0.15, 0.2) is 48.5 Å². The van der Waals surface area contributed by atoms with Gasteiger partial charge in [0, 0.05) is 17.7 Å². The first-order valence-corrected chi connectivity index (χ1v) is 8.28. The van der Waals surface area contributed by atoms with Crippen LogP contribution >= 0.6 is 0 Å². The molecular formula is C19H15F3N2O4. The number of cyclic esters (lactones) is 1. The van der Waals surface area contributed by atoms with Gasteiger partial charge in [-0.3, -0.25) is 9.59 Å². The molecule has 0 aliphatic carbocycles. The standard InChI is InChI=1S/C19H15F3N2O4/c20-19(21,22)10-23-16(25)11-5-7-13(8-6-11)24-17(26)15-9-12-3-1-2-4-14(12)18(27)28-15/h1-8,15H,9-10H2,(H,23,25)(H,24,26). The second kappa shape index (κ2) is 7.71. The van der Waals surface area contributed by atoms with Crippen molar-refractivity contribution in [3.63, 3.8) is 0 Å². The van der Waals surface area contributed by atoms with E-state index in [1.165, 1.54) is 24.3 Å². The molecule has 6 nitrogen and oxygen atoms in total. The molecule has 146 valence electrons. The minimum atomic E-state index is -4.50. The van der Waals surface area contributed by atoms with Crippen molar-refractivity contribution >= 4 is 23.5 Å². The number of alkyl halides is 3. The Labute approximate surface area is 157 Å². The average molecular weight is 392 g/mol. The van der Waals surface area contributed by atoms with Gasteiger partial charge in [0.2, 0.25) is 0 Å². The fourth-order valence-corrected chi connectivity index (χ4v) is 2.69. The third kappa shape index (κ3) is 4.67. The van der Waals surface area contributed by atoms with Crippen molar-refractivity contribution < 1.29 is 32.3 Å². The number of hydrogen-bond acceptors (Lipinski definition) is 4. The van der Waals surface area contributed by atoms with Gasteiger partial charge in [0.15, 0.2) is 6.10 Å². The predicted molar refractivity (Wildman–Crippen MR) is 92.8 cm³/mol. The molecule has 0 fully saturated rings. The van der Waals surface area contributed by atoms with E-state index >= 15 is 0 Å². The van der Waals surface area contributed by atoms with Crippen LogP contribution in [0.3, 0.4) is 0 Å². The number of halogens is 3. The van der Waals surface area contributed by atoms with Gasteiger partial charge in [-0.05, 0) is 35.9 Å². The highest BCUT2D eigenvalue weighted by Crippen LogP contribution is 2.21. The molecule has 0 bridgehead atoms. The van der Waals surface area contributed by atoms with Gasteiger partial charge >= 0.3 is 12.1 Å².